The van der Waals surface area contributed by atoms with Gasteiger partial charge in [0.05, 0.1) is 9.92 Å². The maximum absolute atomic E-state index is 12.7. The van der Waals surface area contributed by atoms with Crippen LogP contribution in [0.1, 0.15) is 19.3 Å². The topological polar surface area (TPSA) is 49.4 Å². The second-order valence-corrected chi connectivity index (χ2v) is 8.56. The normalized spacial score (nSPS) is 26.2. The van der Waals surface area contributed by atoms with Crippen LogP contribution < -0.4 is 5.32 Å². The first-order valence-corrected chi connectivity index (χ1v) is 9.29. The number of hydrogen-bond acceptors (Lipinski definition) is 3. The van der Waals surface area contributed by atoms with Crippen molar-refractivity contribution in [2.75, 3.05) is 13.1 Å². The molecule has 2 heterocycles. The summed E-state index contributed by atoms with van der Waals surface area (Å²) < 4.78 is 27.7. The average Bonchev–Trinajstić information content (AvgIpc) is 2.71. The lowest BCUT2D eigenvalue weighted by atomic mass is 10.1. The molecule has 2 aliphatic rings. The molecule has 21 heavy (non-hydrogen) atoms. The Kier molecular flexibility index (Phi) is 5.60. The maximum Gasteiger partial charge on any atom is 0.243 e. The number of nitrogens with one attached hydrogen (secondary N) is 1. The van der Waals surface area contributed by atoms with Gasteiger partial charge < -0.3 is 5.32 Å². The molecular weight excluding hydrogens is 399 g/mol. The van der Waals surface area contributed by atoms with Gasteiger partial charge in [0.15, 0.2) is 0 Å². The lowest BCUT2D eigenvalue weighted by Gasteiger charge is -2.23. The molecule has 4 nitrogen and oxygen atoms in total. The Morgan fingerprint density at radius 2 is 1.95 bits per heavy atom. The average molecular weight is 416 g/mol. The van der Waals surface area contributed by atoms with Crippen LogP contribution in [0.15, 0.2) is 27.6 Å². The minimum absolute atomic E-state index is 0. The summed E-state index contributed by atoms with van der Waals surface area (Å²) in [6.07, 6.45) is 3.08. The van der Waals surface area contributed by atoms with Crippen LogP contribution in [0.5, 0.6) is 0 Å². The van der Waals surface area contributed by atoms with E-state index in [1.807, 2.05) is 0 Å². The fourth-order valence-corrected chi connectivity index (χ4v) is 4.93. The zero-order chi connectivity index (χ0) is 14.3. The molecule has 0 aliphatic carbocycles. The van der Waals surface area contributed by atoms with Gasteiger partial charge in [-0.05, 0) is 53.4 Å². The van der Waals surface area contributed by atoms with Crippen LogP contribution in [0.3, 0.4) is 0 Å². The van der Waals surface area contributed by atoms with E-state index in [0.717, 1.165) is 19.3 Å². The lowest BCUT2D eigenvalue weighted by molar-refractivity contribution is 0.383. The summed E-state index contributed by atoms with van der Waals surface area (Å²) in [5, 5.41) is 3.90. The highest BCUT2D eigenvalue weighted by Crippen LogP contribution is 2.29. The van der Waals surface area contributed by atoms with Crippen LogP contribution in [0.4, 0.5) is 0 Å². The molecule has 0 radical (unpaired) electrons. The highest BCUT2D eigenvalue weighted by molar-refractivity contribution is 9.10. The predicted molar refractivity (Wildman–Crippen MR) is 89.7 cm³/mol. The minimum atomic E-state index is -3.46. The molecule has 1 aromatic carbocycles. The molecule has 0 saturated carbocycles. The largest absolute Gasteiger partial charge is 0.310 e. The van der Waals surface area contributed by atoms with E-state index in [2.05, 4.69) is 21.2 Å². The molecular formula is C13H17BrCl2N2O2S. The molecule has 0 amide bonds. The van der Waals surface area contributed by atoms with Gasteiger partial charge in [0.1, 0.15) is 0 Å². The fraction of sp³-hybridized carbons (Fsp3) is 0.538. The third-order valence-corrected chi connectivity index (χ3v) is 7.11. The second-order valence-electron chi connectivity index (χ2n) is 5.37. The van der Waals surface area contributed by atoms with Crippen LogP contribution >= 0.6 is 39.9 Å². The monoisotopic (exact) mass is 414 g/mol. The summed E-state index contributed by atoms with van der Waals surface area (Å²) in [6, 6.07) is 5.54. The van der Waals surface area contributed by atoms with Crippen LogP contribution in [-0.2, 0) is 10.0 Å². The van der Waals surface area contributed by atoms with E-state index in [4.69, 9.17) is 11.6 Å². The van der Waals surface area contributed by atoms with Crippen molar-refractivity contribution in [3.05, 3.63) is 27.7 Å². The first-order valence-electron chi connectivity index (χ1n) is 6.68. The van der Waals surface area contributed by atoms with Gasteiger partial charge in [0.25, 0.3) is 0 Å². The Labute approximate surface area is 144 Å². The zero-order valence-electron chi connectivity index (χ0n) is 11.3. The smallest absolute Gasteiger partial charge is 0.243 e. The third kappa shape index (κ3) is 3.57. The van der Waals surface area contributed by atoms with E-state index < -0.39 is 10.0 Å². The van der Waals surface area contributed by atoms with Crippen LogP contribution in [0.25, 0.3) is 0 Å². The highest BCUT2D eigenvalue weighted by Gasteiger charge is 2.34. The number of sulfonamides is 1. The van der Waals surface area contributed by atoms with Gasteiger partial charge in [-0.2, -0.15) is 4.31 Å². The first kappa shape index (κ1) is 17.5. The van der Waals surface area contributed by atoms with E-state index in [-0.39, 0.29) is 23.3 Å². The molecule has 2 bridgehead atoms. The first-order chi connectivity index (χ1) is 9.46. The van der Waals surface area contributed by atoms with Crippen LogP contribution in [0.2, 0.25) is 5.02 Å². The van der Waals surface area contributed by atoms with E-state index >= 15 is 0 Å². The minimum Gasteiger partial charge on any atom is -0.310 e. The van der Waals surface area contributed by atoms with Crippen molar-refractivity contribution in [2.24, 2.45) is 0 Å². The van der Waals surface area contributed by atoms with E-state index in [0.29, 0.717) is 28.6 Å². The molecule has 3 rings (SSSR count). The lowest BCUT2D eigenvalue weighted by Crippen LogP contribution is -2.39. The Morgan fingerprint density at radius 3 is 2.67 bits per heavy atom. The number of halogens is 3. The van der Waals surface area contributed by atoms with Crippen molar-refractivity contribution in [1.82, 2.24) is 9.62 Å². The van der Waals surface area contributed by atoms with Gasteiger partial charge in [-0.1, -0.05) is 11.6 Å². The number of benzene rings is 1. The van der Waals surface area contributed by atoms with Crippen LogP contribution in [-0.4, -0.2) is 37.9 Å². The summed E-state index contributed by atoms with van der Waals surface area (Å²) in [4.78, 5) is 0.267. The van der Waals surface area contributed by atoms with Crippen molar-refractivity contribution in [3.63, 3.8) is 0 Å². The number of hydrogen-bond donors (Lipinski definition) is 1. The van der Waals surface area contributed by atoms with E-state index in [1.165, 1.54) is 6.07 Å². The van der Waals surface area contributed by atoms with Crippen molar-refractivity contribution in [2.45, 2.75) is 36.2 Å². The summed E-state index contributed by atoms with van der Waals surface area (Å²) in [5.41, 5.74) is 0. The summed E-state index contributed by atoms with van der Waals surface area (Å²) >= 11 is 9.29. The Hall–Kier alpha value is 0.150. The molecule has 0 spiro atoms. The molecule has 2 saturated heterocycles. The molecule has 2 aliphatic heterocycles. The fourth-order valence-electron chi connectivity index (χ4n) is 2.92. The molecule has 2 fully saturated rings. The van der Waals surface area contributed by atoms with Gasteiger partial charge in [-0.3, -0.25) is 0 Å². The second kappa shape index (κ2) is 6.72. The summed E-state index contributed by atoms with van der Waals surface area (Å²) in [7, 11) is -3.46. The highest BCUT2D eigenvalue weighted by atomic mass is 79.9. The molecule has 1 aromatic rings. The number of nitrogens with zero attached hydrogens (tertiary/aromatic N) is 1. The Morgan fingerprint density at radius 1 is 1.24 bits per heavy atom. The molecule has 2 atom stereocenters. The standard InChI is InChI=1S/C13H16BrClN2O2S.ClH/c14-12-4-3-11(7-13(12)15)20(18,19)17-6-5-9-1-2-10(8-17)16-9;/h3-4,7,9-10,16H,1-2,5-6,8H2;1H. The van der Waals surface area contributed by atoms with Gasteiger partial charge >= 0.3 is 0 Å². The van der Waals surface area contributed by atoms with Crippen molar-refractivity contribution >= 4 is 50.0 Å². The number of rotatable bonds is 2. The van der Waals surface area contributed by atoms with Crippen molar-refractivity contribution in [3.8, 4) is 0 Å². The van der Waals surface area contributed by atoms with Crippen LogP contribution in [0, 0.1) is 0 Å². The number of fused-ring (bicyclic) bond motifs is 2. The predicted octanol–water partition coefficient (Wildman–Crippen LogP) is 3.04. The van der Waals surface area contributed by atoms with E-state index in [9.17, 15) is 8.42 Å². The molecule has 1 N–H and O–H groups in total. The van der Waals surface area contributed by atoms with Gasteiger partial charge in [0, 0.05) is 29.6 Å². The van der Waals surface area contributed by atoms with Gasteiger partial charge in [0.2, 0.25) is 10.0 Å². The third-order valence-electron chi connectivity index (χ3n) is 4.01. The summed E-state index contributed by atoms with van der Waals surface area (Å²) in [6.45, 7) is 1.12. The zero-order valence-corrected chi connectivity index (χ0v) is 15.2. The molecule has 0 aromatic heterocycles. The Bertz CT molecular complexity index is 627. The summed E-state index contributed by atoms with van der Waals surface area (Å²) in [5.74, 6) is 0. The maximum atomic E-state index is 12.7. The SMILES string of the molecule is Cl.O=S(=O)(c1ccc(Br)c(Cl)c1)N1CCC2CCC(C1)N2. The van der Waals surface area contributed by atoms with E-state index in [1.54, 1.807) is 16.4 Å². The van der Waals surface area contributed by atoms with Crippen molar-refractivity contribution < 1.29 is 8.42 Å². The van der Waals surface area contributed by atoms with Gasteiger partial charge in [-0.15, -0.1) is 12.4 Å². The quantitative estimate of drug-likeness (QED) is 0.807. The molecule has 118 valence electrons. The van der Waals surface area contributed by atoms with Crippen molar-refractivity contribution in [1.29, 1.82) is 0 Å². The molecule has 8 heteroatoms. The Balaban J connectivity index is 0.00000161. The van der Waals surface area contributed by atoms with Gasteiger partial charge in [-0.25, -0.2) is 8.42 Å². The molecule has 2 unspecified atom stereocenters.